The van der Waals surface area contributed by atoms with E-state index in [9.17, 15) is 9.59 Å². The van der Waals surface area contributed by atoms with Gasteiger partial charge >= 0.3 is 0 Å². The number of hydrogen-bond acceptors (Lipinski definition) is 3. The van der Waals surface area contributed by atoms with Crippen LogP contribution in [0.2, 0.25) is 5.02 Å². The molecule has 6 heteroatoms. The average molecular weight is 333 g/mol. The number of halogens is 1. The van der Waals surface area contributed by atoms with Gasteiger partial charge in [0, 0.05) is 17.6 Å². The number of ether oxygens (including phenoxy) is 1. The van der Waals surface area contributed by atoms with E-state index in [1.54, 1.807) is 36.4 Å². The van der Waals surface area contributed by atoms with Crippen molar-refractivity contribution in [3.05, 3.63) is 53.1 Å². The van der Waals surface area contributed by atoms with E-state index in [-0.39, 0.29) is 18.4 Å². The van der Waals surface area contributed by atoms with Crippen LogP contribution in [0.1, 0.15) is 12.5 Å². The van der Waals surface area contributed by atoms with Crippen molar-refractivity contribution in [2.75, 3.05) is 17.2 Å². The lowest BCUT2D eigenvalue weighted by molar-refractivity contribution is -0.118. The fourth-order valence-electron chi connectivity index (χ4n) is 1.94. The van der Waals surface area contributed by atoms with Crippen LogP contribution in [-0.4, -0.2) is 18.4 Å². The minimum absolute atomic E-state index is 0.178. The van der Waals surface area contributed by atoms with Gasteiger partial charge in [-0.05, 0) is 36.8 Å². The maximum Gasteiger partial charge on any atom is 0.262 e. The molecular weight excluding hydrogens is 316 g/mol. The SMILES string of the molecule is CC(=O)Nc1ccccc1OCC(=O)Nc1cc(Cl)ccc1C. The van der Waals surface area contributed by atoms with Crippen molar-refractivity contribution < 1.29 is 14.3 Å². The van der Waals surface area contributed by atoms with Gasteiger partial charge in [0.1, 0.15) is 5.75 Å². The number of para-hydroxylation sites is 2. The molecule has 0 spiro atoms. The molecule has 0 aliphatic carbocycles. The molecule has 120 valence electrons. The van der Waals surface area contributed by atoms with E-state index >= 15 is 0 Å². The molecular formula is C17H17ClN2O3. The van der Waals surface area contributed by atoms with Crippen molar-refractivity contribution in [1.82, 2.24) is 0 Å². The number of nitrogens with one attached hydrogen (secondary N) is 2. The van der Waals surface area contributed by atoms with Crippen molar-refractivity contribution in [3.8, 4) is 5.75 Å². The van der Waals surface area contributed by atoms with Crippen LogP contribution in [0.15, 0.2) is 42.5 Å². The molecule has 2 amide bonds. The topological polar surface area (TPSA) is 67.4 Å². The van der Waals surface area contributed by atoms with E-state index in [4.69, 9.17) is 16.3 Å². The predicted octanol–water partition coefficient (Wildman–Crippen LogP) is 3.62. The smallest absolute Gasteiger partial charge is 0.262 e. The highest BCUT2D eigenvalue weighted by molar-refractivity contribution is 6.31. The Bertz CT molecular complexity index is 732. The molecule has 0 radical (unpaired) electrons. The number of carbonyl (C=O) groups excluding carboxylic acids is 2. The summed E-state index contributed by atoms with van der Waals surface area (Å²) in [5.74, 6) is -0.0892. The van der Waals surface area contributed by atoms with E-state index in [0.29, 0.717) is 22.1 Å². The van der Waals surface area contributed by atoms with Crippen LogP contribution in [0.5, 0.6) is 5.75 Å². The largest absolute Gasteiger partial charge is 0.482 e. The first-order valence-electron chi connectivity index (χ1n) is 7.01. The van der Waals surface area contributed by atoms with Crippen LogP contribution in [0, 0.1) is 6.92 Å². The second kappa shape index (κ2) is 7.65. The minimum Gasteiger partial charge on any atom is -0.482 e. The van der Waals surface area contributed by atoms with Gasteiger partial charge in [0.15, 0.2) is 6.61 Å². The molecule has 5 nitrogen and oxygen atoms in total. The monoisotopic (exact) mass is 332 g/mol. The lowest BCUT2D eigenvalue weighted by Gasteiger charge is -2.12. The number of aryl methyl sites for hydroxylation is 1. The second-order valence-electron chi connectivity index (χ2n) is 4.97. The van der Waals surface area contributed by atoms with E-state index < -0.39 is 0 Å². The zero-order valence-corrected chi connectivity index (χ0v) is 13.6. The quantitative estimate of drug-likeness (QED) is 0.878. The van der Waals surface area contributed by atoms with Gasteiger partial charge in [-0.3, -0.25) is 9.59 Å². The van der Waals surface area contributed by atoms with E-state index in [1.807, 2.05) is 13.0 Å². The Morgan fingerprint density at radius 3 is 2.57 bits per heavy atom. The van der Waals surface area contributed by atoms with Crippen LogP contribution >= 0.6 is 11.6 Å². The predicted molar refractivity (Wildman–Crippen MR) is 91.1 cm³/mol. The van der Waals surface area contributed by atoms with Crippen molar-refractivity contribution in [2.24, 2.45) is 0 Å². The molecule has 0 atom stereocenters. The lowest BCUT2D eigenvalue weighted by Crippen LogP contribution is -2.21. The first-order valence-corrected chi connectivity index (χ1v) is 7.39. The van der Waals surface area contributed by atoms with Crippen LogP contribution in [-0.2, 0) is 9.59 Å². The number of benzene rings is 2. The van der Waals surface area contributed by atoms with E-state index in [0.717, 1.165) is 5.56 Å². The molecule has 0 unspecified atom stereocenters. The Morgan fingerprint density at radius 1 is 1.09 bits per heavy atom. The molecule has 0 bridgehead atoms. The average Bonchev–Trinajstić information content (AvgIpc) is 2.49. The van der Waals surface area contributed by atoms with Crippen molar-refractivity contribution >= 4 is 34.8 Å². The van der Waals surface area contributed by atoms with Gasteiger partial charge in [0.25, 0.3) is 5.91 Å². The summed E-state index contributed by atoms with van der Waals surface area (Å²) >= 11 is 5.92. The lowest BCUT2D eigenvalue weighted by atomic mass is 10.2. The highest BCUT2D eigenvalue weighted by Crippen LogP contribution is 2.24. The number of anilines is 2. The Morgan fingerprint density at radius 2 is 1.83 bits per heavy atom. The summed E-state index contributed by atoms with van der Waals surface area (Å²) < 4.78 is 5.48. The zero-order valence-electron chi connectivity index (χ0n) is 12.9. The van der Waals surface area contributed by atoms with Crippen LogP contribution in [0.25, 0.3) is 0 Å². The minimum atomic E-state index is -0.312. The first kappa shape index (κ1) is 16.8. The maximum atomic E-state index is 12.0. The third-order valence-electron chi connectivity index (χ3n) is 3.03. The molecule has 2 N–H and O–H groups in total. The van der Waals surface area contributed by atoms with E-state index in [1.165, 1.54) is 6.92 Å². The highest BCUT2D eigenvalue weighted by atomic mass is 35.5. The van der Waals surface area contributed by atoms with Crippen molar-refractivity contribution in [1.29, 1.82) is 0 Å². The van der Waals surface area contributed by atoms with Gasteiger partial charge < -0.3 is 15.4 Å². The van der Waals surface area contributed by atoms with Gasteiger partial charge in [0.2, 0.25) is 5.91 Å². The van der Waals surface area contributed by atoms with Crippen molar-refractivity contribution in [2.45, 2.75) is 13.8 Å². The molecule has 0 saturated heterocycles. The van der Waals surface area contributed by atoms with Crippen LogP contribution < -0.4 is 15.4 Å². The van der Waals surface area contributed by atoms with Crippen molar-refractivity contribution in [3.63, 3.8) is 0 Å². The number of hydrogen-bond donors (Lipinski definition) is 2. The summed E-state index contributed by atoms with van der Waals surface area (Å²) in [5.41, 5.74) is 2.06. The van der Waals surface area contributed by atoms with Crippen LogP contribution in [0.4, 0.5) is 11.4 Å². The normalized spacial score (nSPS) is 10.0. The fraction of sp³-hybridized carbons (Fsp3) is 0.176. The third-order valence-corrected chi connectivity index (χ3v) is 3.27. The molecule has 0 fully saturated rings. The molecule has 2 aromatic carbocycles. The number of carbonyl (C=O) groups is 2. The summed E-state index contributed by atoms with van der Waals surface area (Å²) in [6, 6.07) is 12.2. The Labute approximate surface area is 139 Å². The van der Waals surface area contributed by atoms with Gasteiger partial charge in [-0.15, -0.1) is 0 Å². The molecule has 0 aliphatic heterocycles. The molecule has 0 saturated carbocycles. The van der Waals surface area contributed by atoms with Gasteiger partial charge in [-0.2, -0.15) is 0 Å². The van der Waals surface area contributed by atoms with E-state index in [2.05, 4.69) is 10.6 Å². The molecule has 0 heterocycles. The summed E-state index contributed by atoms with van der Waals surface area (Å²) in [6.07, 6.45) is 0. The molecule has 0 aromatic heterocycles. The number of rotatable bonds is 5. The summed E-state index contributed by atoms with van der Waals surface area (Å²) in [6.45, 7) is 3.10. The Balaban J connectivity index is 1.99. The second-order valence-corrected chi connectivity index (χ2v) is 5.41. The summed E-state index contributed by atoms with van der Waals surface area (Å²) in [4.78, 5) is 23.2. The Kier molecular flexibility index (Phi) is 5.60. The molecule has 0 aliphatic rings. The third kappa shape index (κ3) is 5.00. The Hall–Kier alpha value is -2.53. The van der Waals surface area contributed by atoms with Gasteiger partial charge in [0.05, 0.1) is 5.69 Å². The molecule has 2 aromatic rings. The fourth-order valence-corrected chi connectivity index (χ4v) is 2.12. The molecule has 23 heavy (non-hydrogen) atoms. The standard InChI is InChI=1S/C17H17ClN2O3/c1-11-7-8-13(18)9-15(11)20-17(22)10-23-16-6-4-3-5-14(16)19-12(2)21/h3-9H,10H2,1-2H3,(H,19,21)(H,20,22). The summed E-state index contributed by atoms with van der Waals surface area (Å²) in [5, 5.41) is 5.94. The summed E-state index contributed by atoms with van der Waals surface area (Å²) in [7, 11) is 0. The highest BCUT2D eigenvalue weighted by Gasteiger charge is 2.09. The van der Waals surface area contributed by atoms with Gasteiger partial charge in [-0.1, -0.05) is 29.8 Å². The zero-order chi connectivity index (χ0) is 16.8. The van der Waals surface area contributed by atoms with Gasteiger partial charge in [-0.25, -0.2) is 0 Å². The maximum absolute atomic E-state index is 12.0. The van der Waals surface area contributed by atoms with Crippen LogP contribution in [0.3, 0.4) is 0 Å². The number of amides is 2. The molecule has 2 rings (SSSR count). The first-order chi connectivity index (χ1) is 11.0.